The summed E-state index contributed by atoms with van der Waals surface area (Å²) in [6.45, 7) is 13.9. The maximum Gasteiger partial charge on any atom is 0.335 e. The topological polar surface area (TPSA) is 37.3 Å². The molecule has 2 nitrogen and oxygen atoms in total. The van der Waals surface area contributed by atoms with Crippen LogP contribution in [0.15, 0.2) is 36.4 Å². The van der Waals surface area contributed by atoms with Gasteiger partial charge in [-0.05, 0) is 82.5 Å². The van der Waals surface area contributed by atoms with Gasteiger partial charge in [-0.1, -0.05) is 71.4 Å². The molecule has 0 spiro atoms. The van der Waals surface area contributed by atoms with Crippen LogP contribution < -0.4 is 0 Å². The molecule has 0 saturated heterocycles. The monoisotopic (exact) mass is 390 g/mol. The zero-order chi connectivity index (χ0) is 21.4. The fraction of sp³-hybridized carbons (Fsp3) is 0.444. The van der Waals surface area contributed by atoms with E-state index in [4.69, 9.17) is 5.11 Å². The van der Waals surface area contributed by atoms with Gasteiger partial charge in [-0.15, -0.1) is 0 Å². The molecule has 2 heteroatoms. The van der Waals surface area contributed by atoms with Crippen molar-refractivity contribution in [3.8, 4) is 0 Å². The van der Waals surface area contributed by atoms with E-state index in [0.717, 1.165) is 18.4 Å². The summed E-state index contributed by atoms with van der Waals surface area (Å²) in [5.41, 5.74) is 8.75. The van der Waals surface area contributed by atoms with Crippen molar-refractivity contribution in [3.63, 3.8) is 0 Å². The average Bonchev–Trinajstić information content (AvgIpc) is 2.66. The van der Waals surface area contributed by atoms with Gasteiger partial charge in [0, 0.05) is 0 Å². The first-order valence-electron chi connectivity index (χ1n) is 10.7. The molecule has 0 aromatic heterocycles. The highest BCUT2D eigenvalue weighted by molar-refractivity contribution is 5.88. The molecule has 0 heterocycles. The molecular weight excluding hydrogens is 356 g/mol. The van der Waals surface area contributed by atoms with E-state index < -0.39 is 5.97 Å². The Morgan fingerprint density at radius 3 is 2.07 bits per heavy atom. The van der Waals surface area contributed by atoms with Gasteiger partial charge >= 0.3 is 5.97 Å². The number of aromatic carboxylic acids is 1. The highest BCUT2D eigenvalue weighted by Gasteiger charge is 2.37. The number of carboxylic acids is 1. The predicted octanol–water partition coefficient (Wildman–Crippen LogP) is 7.25. The first-order valence-corrected chi connectivity index (χ1v) is 10.7. The van der Waals surface area contributed by atoms with E-state index in [1.807, 2.05) is 12.1 Å². The summed E-state index contributed by atoms with van der Waals surface area (Å²) < 4.78 is 0. The van der Waals surface area contributed by atoms with Crippen LogP contribution in [0.3, 0.4) is 0 Å². The second-order valence-corrected chi connectivity index (χ2v) is 9.83. The Morgan fingerprint density at radius 1 is 1.00 bits per heavy atom. The lowest BCUT2D eigenvalue weighted by atomic mass is 9.62. The van der Waals surface area contributed by atoms with Gasteiger partial charge in [0.15, 0.2) is 0 Å². The molecule has 2 aromatic rings. The Kier molecular flexibility index (Phi) is 5.76. The highest BCUT2D eigenvalue weighted by atomic mass is 16.4. The van der Waals surface area contributed by atoms with Crippen LogP contribution in [0.25, 0.3) is 11.6 Å². The lowest BCUT2D eigenvalue weighted by Crippen LogP contribution is -2.34. The van der Waals surface area contributed by atoms with Crippen molar-refractivity contribution in [2.24, 2.45) is 0 Å². The van der Waals surface area contributed by atoms with Crippen LogP contribution in [-0.4, -0.2) is 11.1 Å². The van der Waals surface area contributed by atoms with Crippen LogP contribution in [0, 0.1) is 0 Å². The zero-order valence-electron chi connectivity index (χ0n) is 18.7. The zero-order valence-corrected chi connectivity index (χ0v) is 18.7. The van der Waals surface area contributed by atoms with E-state index in [0.29, 0.717) is 5.56 Å². The van der Waals surface area contributed by atoms with Crippen LogP contribution >= 0.6 is 0 Å². The van der Waals surface area contributed by atoms with Crippen molar-refractivity contribution in [3.05, 3.63) is 69.8 Å². The fourth-order valence-corrected chi connectivity index (χ4v) is 4.55. The number of aryl methyl sites for hydroxylation is 1. The molecule has 0 fully saturated rings. The quantitative estimate of drug-likeness (QED) is 0.546. The number of hydrogen-bond acceptors (Lipinski definition) is 1. The third-order valence-electron chi connectivity index (χ3n) is 6.56. The number of hydrogen-bond donors (Lipinski definition) is 1. The van der Waals surface area contributed by atoms with Crippen LogP contribution in [0.2, 0.25) is 0 Å². The Hall–Kier alpha value is -2.35. The largest absolute Gasteiger partial charge is 0.478 e. The van der Waals surface area contributed by atoms with Crippen LogP contribution in [0.5, 0.6) is 0 Å². The molecule has 1 aliphatic rings. The smallest absolute Gasteiger partial charge is 0.335 e. The second-order valence-electron chi connectivity index (χ2n) is 9.83. The lowest BCUT2D eigenvalue weighted by Gasteiger charge is -2.42. The molecule has 0 atom stereocenters. The van der Waals surface area contributed by atoms with E-state index in [2.05, 4.69) is 59.8 Å². The van der Waals surface area contributed by atoms with Gasteiger partial charge in [0.25, 0.3) is 0 Å². The number of fused-ring (bicyclic) bond motifs is 1. The molecule has 2 aromatic carbocycles. The minimum atomic E-state index is -0.887. The van der Waals surface area contributed by atoms with Gasteiger partial charge in [0.2, 0.25) is 0 Å². The molecular formula is C27H34O2. The molecule has 0 aliphatic heterocycles. The molecule has 1 N–H and O–H groups in total. The summed E-state index contributed by atoms with van der Waals surface area (Å²) in [5, 5.41) is 9.12. The third kappa shape index (κ3) is 4.32. The van der Waals surface area contributed by atoms with Gasteiger partial charge in [-0.25, -0.2) is 4.79 Å². The number of carboxylic acid groups (broad SMARTS) is 1. The fourth-order valence-electron chi connectivity index (χ4n) is 4.55. The van der Waals surface area contributed by atoms with Gasteiger partial charge < -0.3 is 5.11 Å². The van der Waals surface area contributed by atoms with Crippen LogP contribution in [-0.2, 0) is 17.3 Å². The Morgan fingerprint density at radius 2 is 1.55 bits per heavy atom. The summed E-state index contributed by atoms with van der Waals surface area (Å²) in [6, 6.07) is 12.0. The molecule has 0 radical (unpaired) electrons. The van der Waals surface area contributed by atoms with Crippen molar-refractivity contribution < 1.29 is 9.90 Å². The Balaban J connectivity index is 2.11. The number of allylic oxidation sites excluding steroid dienone is 1. The number of benzene rings is 2. The summed E-state index contributed by atoms with van der Waals surface area (Å²) in [4.78, 5) is 11.1. The number of rotatable bonds is 5. The van der Waals surface area contributed by atoms with Crippen molar-refractivity contribution >= 4 is 17.6 Å². The summed E-state index contributed by atoms with van der Waals surface area (Å²) in [7, 11) is 0. The Bertz CT molecular complexity index is 943. The van der Waals surface area contributed by atoms with Gasteiger partial charge in [-0.3, -0.25) is 0 Å². The first-order chi connectivity index (χ1) is 13.5. The standard InChI is InChI=1S/C27H34O2/c1-7-8-21-16-23-24(27(5,6)14-13-26(23,3)4)17-22(21)18(2)15-19-9-11-20(12-10-19)25(28)29/h9-12,15-17H,7-8,13-14H2,1-6H3,(H,28,29). The van der Waals surface area contributed by atoms with Crippen molar-refractivity contribution in [2.45, 2.75) is 78.1 Å². The van der Waals surface area contributed by atoms with Gasteiger partial charge in [0.05, 0.1) is 5.56 Å². The van der Waals surface area contributed by atoms with Crippen LogP contribution in [0.1, 0.15) is 99.0 Å². The van der Waals surface area contributed by atoms with Gasteiger partial charge in [-0.2, -0.15) is 0 Å². The summed E-state index contributed by atoms with van der Waals surface area (Å²) in [6.07, 6.45) is 6.80. The molecule has 0 bridgehead atoms. The maximum atomic E-state index is 11.1. The van der Waals surface area contributed by atoms with Gasteiger partial charge in [0.1, 0.15) is 0 Å². The van der Waals surface area contributed by atoms with Crippen molar-refractivity contribution in [1.29, 1.82) is 0 Å². The van der Waals surface area contributed by atoms with E-state index in [1.165, 1.54) is 40.7 Å². The SMILES string of the molecule is CCCc1cc2c(cc1C(C)=Cc1ccc(C(=O)O)cc1)C(C)(C)CCC2(C)C. The predicted molar refractivity (Wildman–Crippen MR) is 123 cm³/mol. The molecule has 0 amide bonds. The van der Waals surface area contributed by atoms with Crippen LogP contribution in [0.4, 0.5) is 0 Å². The minimum Gasteiger partial charge on any atom is -0.478 e. The lowest BCUT2D eigenvalue weighted by molar-refractivity contribution is 0.0697. The first kappa shape index (κ1) is 21.4. The molecule has 154 valence electrons. The summed E-state index contributed by atoms with van der Waals surface area (Å²) in [5.74, 6) is -0.887. The molecule has 3 rings (SSSR count). The molecule has 0 unspecified atom stereocenters. The second kappa shape index (κ2) is 7.82. The minimum absolute atomic E-state index is 0.188. The molecule has 0 saturated carbocycles. The number of carbonyl (C=O) groups is 1. The van der Waals surface area contributed by atoms with E-state index >= 15 is 0 Å². The maximum absolute atomic E-state index is 11.1. The average molecular weight is 391 g/mol. The van der Waals surface area contributed by atoms with E-state index in [1.54, 1.807) is 12.1 Å². The van der Waals surface area contributed by atoms with E-state index in [-0.39, 0.29) is 10.8 Å². The van der Waals surface area contributed by atoms with Crippen molar-refractivity contribution in [1.82, 2.24) is 0 Å². The summed E-state index contributed by atoms with van der Waals surface area (Å²) >= 11 is 0. The third-order valence-corrected chi connectivity index (χ3v) is 6.56. The molecule has 29 heavy (non-hydrogen) atoms. The molecule has 1 aliphatic carbocycles. The Labute approximate surface area is 175 Å². The normalized spacial score (nSPS) is 17.7. The highest BCUT2D eigenvalue weighted by Crippen LogP contribution is 2.47. The van der Waals surface area contributed by atoms with Crippen molar-refractivity contribution in [2.75, 3.05) is 0 Å². The van der Waals surface area contributed by atoms with E-state index in [9.17, 15) is 4.79 Å².